The van der Waals surface area contributed by atoms with E-state index in [-0.39, 0.29) is 0 Å². The molecule has 20 heavy (non-hydrogen) atoms. The summed E-state index contributed by atoms with van der Waals surface area (Å²) < 4.78 is 23.2. The van der Waals surface area contributed by atoms with Crippen molar-refractivity contribution in [1.82, 2.24) is 0 Å². The van der Waals surface area contributed by atoms with Gasteiger partial charge in [-0.05, 0) is 42.9 Å². The van der Waals surface area contributed by atoms with Crippen molar-refractivity contribution in [3.05, 3.63) is 24.3 Å². The fraction of sp³-hybridized carbons (Fsp3) is 0.625. The third-order valence-corrected chi connectivity index (χ3v) is 4.26. The number of sulfone groups is 1. The Morgan fingerprint density at radius 1 is 1.05 bits per heavy atom. The van der Waals surface area contributed by atoms with Gasteiger partial charge < -0.3 is 5.32 Å². The van der Waals surface area contributed by atoms with Crippen molar-refractivity contribution in [3.63, 3.8) is 0 Å². The van der Waals surface area contributed by atoms with Gasteiger partial charge in [0.1, 0.15) is 0 Å². The lowest BCUT2D eigenvalue weighted by Gasteiger charge is -2.23. The SMILES string of the molecule is CC(C)CC(CC(C)C)Nc1cccc(S(C)(=O)=O)c1. The molecule has 0 saturated heterocycles. The molecule has 0 unspecified atom stereocenters. The molecular formula is C16H27NO2S. The van der Waals surface area contributed by atoms with Crippen LogP contribution in [0.1, 0.15) is 40.5 Å². The minimum Gasteiger partial charge on any atom is -0.382 e. The topological polar surface area (TPSA) is 46.2 Å². The molecular weight excluding hydrogens is 270 g/mol. The lowest BCUT2D eigenvalue weighted by atomic mass is 9.95. The maximum atomic E-state index is 11.6. The molecule has 0 spiro atoms. The largest absolute Gasteiger partial charge is 0.382 e. The van der Waals surface area contributed by atoms with E-state index in [2.05, 4.69) is 33.0 Å². The molecule has 0 aliphatic heterocycles. The molecule has 0 aliphatic rings. The van der Waals surface area contributed by atoms with E-state index in [0.29, 0.717) is 22.8 Å². The van der Waals surface area contributed by atoms with Crippen LogP contribution in [0.4, 0.5) is 5.69 Å². The highest BCUT2D eigenvalue weighted by atomic mass is 32.2. The zero-order chi connectivity index (χ0) is 15.3. The molecule has 1 N–H and O–H groups in total. The van der Waals surface area contributed by atoms with Gasteiger partial charge in [0.25, 0.3) is 0 Å². The molecule has 0 saturated carbocycles. The summed E-state index contributed by atoms with van der Waals surface area (Å²) in [5.41, 5.74) is 0.888. The van der Waals surface area contributed by atoms with Crippen LogP contribution >= 0.6 is 0 Å². The Morgan fingerprint density at radius 3 is 2.05 bits per heavy atom. The maximum Gasteiger partial charge on any atom is 0.175 e. The average Bonchev–Trinajstić information content (AvgIpc) is 2.26. The molecule has 1 aromatic carbocycles. The zero-order valence-electron chi connectivity index (χ0n) is 13.2. The minimum atomic E-state index is -3.15. The van der Waals surface area contributed by atoms with E-state index in [4.69, 9.17) is 0 Å². The van der Waals surface area contributed by atoms with Gasteiger partial charge >= 0.3 is 0 Å². The van der Waals surface area contributed by atoms with Gasteiger partial charge in [-0.25, -0.2) is 8.42 Å². The summed E-state index contributed by atoms with van der Waals surface area (Å²) in [6, 6.07) is 7.47. The lowest BCUT2D eigenvalue weighted by molar-refractivity contribution is 0.442. The Labute approximate surface area is 123 Å². The van der Waals surface area contributed by atoms with Crippen molar-refractivity contribution >= 4 is 15.5 Å². The first kappa shape index (κ1) is 17.0. The van der Waals surface area contributed by atoms with Crippen LogP contribution in [0.3, 0.4) is 0 Å². The highest BCUT2D eigenvalue weighted by molar-refractivity contribution is 7.90. The molecule has 1 aromatic rings. The van der Waals surface area contributed by atoms with Crippen LogP contribution in [-0.4, -0.2) is 20.7 Å². The van der Waals surface area contributed by atoms with Crippen molar-refractivity contribution in [3.8, 4) is 0 Å². The first-order chi connectivity index (χ1) is 9.18. The third-order valence-electron chi connectivity index (χ3n) is 3.14. The van der Waals surface area contributed by atoms with E-state index in [1.807, 2.05) is 6.07 Å². The smallest absolute Gasteiger partial charge is 0.175 e. The summed E-state index contributed by atoms with van der Waals surface area (Å²) in [6.07, 6.45) is 3.41. The third kappa shape index (κ3) is 5.95. The van der Waals surface area contributed by atoms with Gasteiger partial charge in [0, 0.05) is 18.0 Å². The van der Waals surface area contributed by atoms with E-state index in [1.165, 1.54) is 6.26 Å². The molecule has 0 atom stereocenters. The number of rotatable bonds is 7. The van der Waals surface area contributed by atoms with Crippen molar-refractivity contribution in [2.24, 2.45) is 11.8 Å². The van der Waals surface area contributed by atoms with Gasteiger partial charge in [-0.2, -0.15) is 0 Å². The van der Waals surface area contributed by atoms with Crippen LogP contribution in [-0.2, 0) is 9.84 Å². The van der Waals surface area contributed by atoms with Gasteiger partial charge in [-0.15, -0.1) is 0 Å². The highest BCUT2D eigenvalue weighted by Gasteiger charge is 2.14. The van der Waals surface area contributed by atoms with Gasteiger partial charge in [0.2, 0.25) is 0 Å². The number of nitrogens with one attached hydrogen (secondary N) is 1. The van der Waals surface area contributed by atoms with Crippen molar-refractivity contribution in [2.75, 3.05) is 11.6 Å². The first-order valence-electron chi connectivity index (χ1n) is 7.25. The van der Waals surface area contributed by atoms with E-state index in [9.17, 15) is 8.42 Å². The minimum absolute atomic E-state index is 0.371. The summed E-state index contributed by atoms with van der Waals surface area (Å²) in [5, 5.41) is 3.49. The Kier molecular flexibility index (Phi) is 6.06. The summed E-state index contributed by atoms with van der Waals surface area (Å²) in [7, 11) is -3.15. The number of hydrogen-bond donors (Lipinski definition) is 1. The molecule has 0 amide bonds. The first-order valence-corrected chi connectivity index (χ1v) is 9.14. The molecule has 0 radical (unpaired) electrons. The second kappa shape index (κ2) is 7.11. The van der Waals surface area contributed by atoms with Crippen LogP contribution in [0, 0.1) is 11.8 Å². The molecule has 1 rings (SSSR count). The van der Waals surface area contributed by atoms with Gasteiger partial charge in [0.05, 0.1) is 4.90 Å². The molecule has 0 bridgehead atoms. The second-order valence-electron chi connectivity index (χ2n) is 6.40. The van der Waals surface area contributed by atoms with Crippen LogP contribution in [0.15, 0.2) is 29.2 Å². The Hall–Kier alpha value is -1.03. The monoisotopic (exact) mass is 297 g/mol. The fourth-order valence-corrected chi connectivity index (χ4v) is 3.07. The standard InChI is InChI=1S/C16H27NO2S/c1-12(2)9-15(10-13(3)4)17-14-7-6-8-16(11-14)20(5,18)19/h6-8,11-13,15,17H,9-10H2,1-5H3. The van der Waals surface area contributed by atoms with E-state index >= 15 is 0 Å². The second-order valence-corrected chi connectivity index (χ2v) is 8.42. The maximum absolute atomic E-state index is 11.6. The van der Waals surface area contributed by atoms with Gasteiger partial charge in [-0.3, -0.25) is 0 Å². The van der Waals surface area contributed by atoms with Gasteiger partial charge in [-0.1, -0.05) is 33.8 Å². The van der Waals surface area contributed by atoms with Crippen molar-refractivity contribution in [2.45, 2.75) is 51.5 Å². The van der Waals surface area contributed by atoms with Crippen LogP contribution in [0.2, 0.25) is 0 Å². The fourth-order valence-electron chi connectivity index (χ4n) is 2.40. The summed E-state index contributed by atoms with van der Waals surface area (Å²) in [6.45, 7) is 8.84. The zero-order valence-corrected chi connectivity index (χ0v) is 14.0. The number of benzene rings is 1. The molecule has 0 aliphatic carbocycles. The number of hydrogen-bond acceptors (Lipinski definition) is 3. The number of anilines is 1. The predicted octanol–water partition coefficient (Wildman–Crippen LogP) is 3.96. The van der Waals surface area contributed by atoms with Crippen LogP contribution < -0.4 is 5.32 Å². The van der Waals surface area contributed by atoms with Gasteiger partial charge in [0.15, 0.2) is 9.84 Å². The molecule has 0 aromatic heterocycles. The summed E-state index contributed by atoms with van der Waals surface area (Å²) in [4.78, 5) is 0.371. The van der Waals surface area contributed by atoms with E-state index in [1.54, 1.807) is 18.2 Å². The molecule has 114 valence electrons. The molecule has 3 nitrogen and oxygen atoms in total. The Bertz CT molecular complexity index is 511. The molecule has 0 fully saturated rings. The quantitative estimate of drug-likeness (QED) is 0.828. The van der Waals surface area contributed by atoms with E-state index < -0.39 is 9.84 Å². The Balaban J connectivity index is 2.87. The van der Waals surface area contributed by atoms with Crippen LogP contribution in [0.25, 0.3) is 0 Å². The Morgan fingerprint density at radius 2 is 1.60 bits per heavy atom. The lowest BCUT2D eigenvalue weighted by Crippen LogP contribution is -2.23. The van der Waals surface area contributed by atoms with Crippen LogP contribution in [0.5, 0.6) is 0 Å². The van der Waals surface area contributed by atoms with Crippen molar-refractivity contribution < 1.29 is 8.42 Å². The average molecular weight is 297 g/mol. The normalized spacial score (nSPS) is 12.4. The molecule has 4 heteroatoms. The highest BCUT2D eigenvalue weighted by Crippen LogP contribution is 2.21. The molecule has 0 heterocycles. The summed E-state index contributed by atoms with van der Waals surface area (Å²) >= 11 is 0. The summed E-state index contributed by atoms with van der Waals surface area (Å²) in [5.74, 6) is 1.23. The van der Waals surface area contributed by atoms with E-state index in [0.717, 1.165) is 18.5 Å². The predicted molar refractivity (Wildman–Crippen MR) is 85.9 cm³/mol. The van der Waals surface area contributed by atoms with Crippen molar-refractivity contribution in [1.29, 1.82) is 0 Å².